The lowest BCUT2D eigenvalue weighted by molar-refractivity contribution is -0.147. The Morgan fingerprint density at radius 3 is 2.00 bits per heavy atom. The number of rotatable bonds is 9. The summed E-state index contributed by atoms with van der Waals surface area (Å²) in [6, 6.07) is 12.6. The Balaban J connectivity index is 2.23. The maximum absolute atomic E-state index is 12.9. The SMILES string of the molecule is COC(=O)CN(Cc1cc(OC)cc(OC)c1)C(=O)Cc1cccc(OC)c1. The van der Waals surface area contributed by atoms with Crippen LogP contribution in [-0.4, -0.2) is 51.8 Å². The van der Waals surface area contributed by atoms with Gasteiger partial charge in [0.05, 0.1) is 34.9 Å². The topological polar surface area (TPSA) is 74.3 Å². The normalized spacial score (nSPS) is 10.1. The first-order valence-electron chi connectivity index (χ1n) is 8.68. The highest BCUT2D eigenvalue weighted by Crippen LogP contribution is 2.24. The number of esters is 1. The summed E-state index contributed by atoms with van der Waals surface area (Å²) >= 11 is 0. The van der Waals surface area contributed by atoms with Crippen LogP contribution in [0.4, 0.5) is 0 Å². The summed E-state index contributed by atoms with van der Waals surface area (Å²) in [7, 11) is 5.97. The fourth-order valence-electron chi connectivity index (χ4n) is 2.70. The van der Waals surface area contributed by atoms with Crippen LogP contribution in [0.25, 0.3) is 0 Å². The molecular formula is C21H25NO6. The number of nitrogens with zero attached hydrogens (tertiary/aromatic N) is 1. The van der Waals surface area contributed by atoms with E-state index in [1.807, 2.05) is 18.2 Å². The fraction of sp³-hybridized carbons (Fsp3) is 0.333. The first-order chi connectivity index (χ1) is 13.5. The zero-order valence-electron chi connectivity index (χ0n) is 16.6. The molecule has 2 rings (SSSR count). The van der Waals surface area contributed by atoms with Gasteiger partial charge in [0.15, 0.2) is 0 Å². The minimum atomic E-state index is -0.492. The van der Waals surface area contributed by atoms with E-state index in [1.54, 1.807) is 45.6 Å². The van der Waals surface area contributed by atoms with E-state index < -0.39 is 5.97 Å². The van der Waals surface area contributed by atoms with Crippen LogP contribution in [0, 0.1) is 0 Å². The van der Waals surface area contributed by atoms with Crippen LogP contribution in [0.5, 0.6) is 17.2 Å². The van der Waals surface area contributed by atoms with Crippen molar-refractivity contribution in [1.29, 1.82) is 0 Å². The van der Waals surface area contributed by atoms with Gasteiger partial charge in [0, 0.05) is 12.6 Å². The molecule has 28 heavy (non-hydrogen) atoms. The Hall–Kier alpha value is -3.22. The van der Waals surface area contributed by atoms with Crippen molar-refractivity contribution in [3.63, 3.8) is 0 Å². The molecule has 0 fully saturated rings. The number of hydrogen-bond donors (Lipinski definition) is 0. The summed E-state index contributed by atoms with van der Waals surface area (Å²) in [6.07, 6.45) is 0.134. The molecule has 7 heteroatoms. The minimum absolute atomic E-state index is 0.134. The summed E-state index contributed by atoms with van der Waals surface area (Å²) in [5, 5.41) is 0. The average Bonchev–Trinajstić information content (AvgIpc) is 2.72. The molecule has 1 amide bonds. The molecule has 0 aliphatic carbocycles. The van der Waals surface area contributed by atoms with Crippen LogP contribution in [0.1, 0.15) is 11.1 Å². The van der Waals surface area contributed by atoms with Gasteiger partial charge in [-0.25, -0.2) is 0 Å². The number of ether oxygens (including phenoxy) is 4. The lowest BCUT2D eigenvalue weighted by Crippen LogP contribution is -2.36. The zero-order chi connectivity index (χ0) is 20.5. The van der Waals surface area contributed by atoms with Gasteiger partial charge in [0.1, 0.15) is 23.8 Å². The van der Waals surface area contributed by atoms with Crippen molar-refractivity contribution < 1.29 is 28.5 Å². The summed E-state index contributed by atoms with van der Waals surface area (Å²) < 4.78 is 20.5. The lowest BCUT2D eigenvalue weighted by atomic mass is 10.1. The molecule has 2 aromatic rings. The van der Waals surface area contributed by atoms with Gasteiger partial charge in [0.25, 0.3) is 0 Å². The first-order valence-corrected chi connectivity index (χ1v) is 8.68. The van der Waals surface area contributed by atoms with Crippen LogP contribution in [-0.2, 0) is 27.3 Å². The fourth-order valence-corrected chi connectivity index (χ4v) is 2.70. The van der Waals surface area contributed by atoms with Gasteiger partial charge in [-0.1, -0.05) is 12.1 Å². The Morgan fingerprint density at radius 1 is 0.821 bits per heavy atom. The van der Waals surface area contributed by atoms with E-state index in [9.17, 15) is 9.59 Å². The van der Waals surface area contributed by atoms with Gasteiger partial charge in [-0.3, -0.25) is 9.59 Å². The van der Waals surface area contributed by atoms with Gasteiger partial charge in [-0.15, -0.1) is 0 Å². The van der Waals surface area contributed by atoms with E-state index in [0.29, 0.717) is 17.2 Å². The second-order valence-electron chi connectivity index (χ2n) is 6.08. The van der Waals surface area contributed by atoms with Crippen molar-refractivity contribution in [2.45, 2.75) is 13.0 Å². The summed E-state index contributed by atoms with van der Waals surface area (Å²) in [4.78, 5) is 26.2. The van der Waals surface area contributed by atoms with Crippen LogP contribution in [0.2, 0.25) is 0 Å². The quantitative estimate of drug-likeness (QED) is 0.616. The maximum atomic E-state index is 12.9. The van der Waals surface area contributed by atoms with Gasteiger partial charge < -0.3 is 23.8 Å². The third-order valence-corrected chi connectivity index (χ3v) is 4.17. The smallest absolute Gasteiger partial charge is 0.325 e. The Morgan fingerprint density at radius 2 is 1.43 bits per heavy atom. The molecule has 2 aromatic carbocycles. The second-order valence-corrected chi connectivity index (χ2v) is 6.08. The summed E-state index contributed by atoms with van der Waals surface area (Å²) in [5.74, 6) is 1.18. The Kier molecular flexibility index (Phi) is 7.68. The number of methoxy groups -OCH3 is 4. The molecule has 0 unspecified atom stereocenters. The van der Waals surface area contributed by atoms with Crippen LogP contribution < -0.4 is 14.2 Å². The monoisotopic (exact) mass is 387 g/mol. The molecule has 0 atom stereocenters. The minimum Gasteiger partial charge on any atom is -0.497 e. The predicted octanol–water partition coefficient (Wildman–Crippen LogP) is 2.46. The average molecular weight is 387 g/mol. The Labute approximate surface area is 164 Å². The van der Waals surface area contributed by atoms with Crippen molar-refractivity contribution in [3.8, 4) is 17.2 Å². The number of hydrogen-bond acceptors (Lipinski definition) is 6. The predicted molar refractivity (Wildman–Crippen MR) is 104 cm³/mol. The molecule has 0 radical (unpaired) electrons. The molecular weight excluding hydrogens is 362 g/mol. The van der Waals surface area contributed by atoms with Gasteiger partial charge in [-0.05, 0) is 35.4 Å². The van der Waals surface area contributed by atoms with Crippen LogP contribution >= 0.6 is 0 Å². The molecule has 0 saturated heterocycles. The van der Waals surface area contributed by atoms with Gasteiger partial charge in [0.2, 0.25) is 5.91 Å². The van der Waals surface area contributed by atoms with E-state index >= 15 is 0 Å². The maximum Gasteiger partial charge on any atom is 0.325 e. The molecule has 7 nitrogen and oxygen atoms in total. The number of amides is 1. The standard InChI is InChI=1S/C21H25NO6/c1-25-17-7-5-6-15(8-17)11-20(23)22(14-21(24)28-4)13-16-9-18(26-2)12-19(10-16)27-3/h5-10,12H,11,13-14H2,1-4H3. The molecule has 0 aromatic heterocycles. The van der Waals surface area contributed by atoms with Crippen molar-refractivity contribution in [1.82, 2.24) is 4.90 Å². The van der Waals surface area contributed by atoms with E-state index in [0.717, 1.165) is 11.1 Å². The van der Waals surface area contributed by atoms with E-state index in [2.05, 4.69) is 0 Å². The molecule has 0 spiro atoms. The van der Waals surface area contributed by atoms with Crippen molar-refractivity contribution in [2.75, 3.05) is 35.0 Å². The molecule has 150 valence electrons. The Bertz CT molecular complexity index is 798. The molecule has 0 aliphatic rings. The summed E-state index contributed by atoms with van der Waals surface area (Å²) in [5.41, 5.74) is 1.57. The summed E-state index contributed by atoms with van der Waals surface area (Å²) in [6.45, 7) is 0.0598. The van der Waals surface area contributed by atoms with Crippen molar-refractivity contribution >= 4 is 11.9 Å². The molecule has 0 N–H and O–H groups in total. The van der Waals surface area contributed by atoms with Gasteiger partial charge >= 0.3 is 5.97 Å². The third-order valence-electron chi connectivity index (χ3n) is 4.17. The largest absolute Gasteiger partial charge is 0.497 e. The van der Waals surface area contributed by atoms with Crippen LogP contribution in [0.15, 0.2) is 42.5 Å². The lowest BCUT2D eigenvalue weighted by Gasteiger charge is -2.22. The second kappa shape index (κ2) is 10.2. The highest BCUT2D eigenvalue weighted by atomic mass is 16.5. The van der Waals surface area contributed by atoms with E-state index in [4.69, 9.17) is 18.9 Å². The number of benzene rings is 2. The third kappa shape index (κ3) is 5.90. The number of carbonyl (C=O) groups excluding carboxylic acids is 2. The molecule has 0 heterocycles. The van der Waals surface area contributed by atoms with Gasteiger partial charge in [-0.2, -0.15) is 0 Å². The van der Waals surface area contributed by atoms with E-state index in [-0.39, 0.29) is 25.4 Å². The highest BCUT2D eigenvalue weighted by Gasteiger charge is 2.19. The van der Waals surface area contributed by atoms with Crippen molar-refractivity contribution in [3.05, 3.63) is 53.6 Å². The van der Waals surface area contributed by atoms with Crippen LogP contribution in [0.3, 0.4) is 0 Å². The van der Waals surface area contributed by atoms with Crippen molar-refractivity contribution in [2.24, 2.45) is 0 Å². The molecule has 0 bridgehead atoms. The first kappa shape index (κ1) is 21.1. The molecule has 0 aliphatic heterocycles. The van der Waals surface area contributed by atoms with E-state index in [1.165, 1.54) is 12.0 Å². The highest BCUT2D eigenvalue weighted by molar-refractivity contribution is 5.83. The number of carbonyl (C=O) groups is 2. The zero-order valence-corrected chi connectivity index (χ0v) is 16.6. The molecule has 0 saturated carbocycles.